The van der Waals surface area contributed by atoms with Crippen molar-refractivity contribution >= 4 is 15.7 Å². The molecule has 18 heavy (non-hydrogen) atoms. The van der Waals surface area contributed by atoms with Crippen molar-refractivity contribution in [3.8, 4) is 0 Å². The summed E-state index contributed by atoms with van der Waals surface area (Å²) >= 11 is 0. The Kier molecular flexibility index (Phi) is 3.33. The molecule has 0 amide bonds. The van der Waals surface area contributed by atoms with E-state index in [0.29, 0.717) is 5.92 Å². The summed E-state index contributed by atoms with van der Waals surface area (Å²) in [6, 6.07) is 2.40. The van der Waals surface area contributed by atoms with E-state index in [9.17, 15) is 12.8 Å². The van der Waals surface area contributed by atoms with E-state index in [2.05, 4.69) is 4.72 Å². The third-order valence-electron chi connectivity index (χ3n) is 3.36. The lowest BCUT2D eigenvalue weighted by Gasteiger charge is -2.10. The molecule has 4 nitrogen and oxygen atoms in total. The van der Waals surface area contributed by atoms with E-state index >= 15 is 0 Å². The van der Waals surface area contributed by atoms with Gasteiger partial charge in [0, 0.05) is 17.3 Å². The van der Waals surface area contributed by atoms with E-state index in [1.165, 1.54) is 13.0 Å². The zero-order valence-corrected chi connectivity index (χ0v) is 11.2. The Labute approximate surface area is 106 Å². The minimum atomic E-state index is -3.69. The molecule has 0 bridgehead atoms. The maximum absolute atomic E-state index is 13.5. The van der Waals surface area contributed by atoms with Gasteiger partial charge in [-0.15, -0.1) is 0 Å². The van der Waals surface area contributed by atoms with Gasteiger partial charge in [-0.2, -0.15) is 0 Å². The van der Waals surface area contributed by atoms with E-state index in [1.54, 1.807) is 0 Å². The monoisotopic (exact) mass is 272 g/mol. The van der Waals surface area contributed by atoms with Gasteiger partial charge in [-0.05, 0) is 31.4 Å². The van der Waals surface area contributed by atoms with Crippen LogP contribution in [-0.2, 0) is 10.0 Å². The normalized spacial score (nSPS) is 23.1. The van der Waals surface area contributed by atoms with E-state index in [0.717, 1.165) is 18.9 Å². The van der Waals surface area contributed by atoms with Crippen molar-refractivity contribution in [3.05, 3.63) is 23.5 Å². The highest BCUT2D eigenvalue weighted by Crippen LogP contribution is 2.35. The van der Waals surface area contributed by atoms with Gasteiger partial charge >= 0.3 is 0 Å². The summed E-state index contributed by atoms with van der Waals surface area (Å²) in [5.74, 6) is -0.204. The molecule has 1 saturated carbocycles. The molecule has 0 radical (unpaired) electrons. The van der Waals surface area contributed by atoms with Crippen molar-refractivity contribution in [2.75, 3.05) is 5.73 Å². The Bertz CT molecular complexity index is 572. The summed E-state index contributed by atoms with van der Waals surface area (Å²) in [6.07, 6.45) is 1.79. The number of nitrogen functional groups attached to an aromatic ring is 1. The highest BCUT2D eigenvalue weighted by Gasteiger charge is 2.39. The Morgan fingerprint density at radius 1 is 1.50 bits per heavy atom. The van der Waals surface area contributed by atoms with Crippen LogP contribution in [0.5, 0.6) is 0 Å². The number of halogens is 1. The van der Waals surface area contributed by atoms with E-state index in [1.807, 2.05) is 6.92 Å². The summed E-state index contributed by atoms with van der Waals surface area (Å²) in [7, 11) is -3.69. The van der Waals surface area contributed by atoms with Crippen molar-refractivity contribution in [2.24, 2.45) is 5.92 Å². The third kappa shape index (κ3) is 2.49. The van der Waals surface area contributed by atoms with Crippen molar-refractivity contribution in [1.29, 1.82) is 0 Å². The molecule has 0 aromatic heterocycles. The zero-order valence-electron chi connectivity index (χ0n) is 10.4. The van der Waals surface area contributed by atoms with Crippen molar-refractivity contribution in [1.82, 2.24) is 4.72 Å². The fraction of sp³-hybridized carbons (Fsp3) is 0.500. The maximum atomic E-state index is 13.5. The van der Waals surface area contributed by atoms with Crippen LogP contribution >= 0.6 is 0 Å². The van der Waals surface area contributed by atoms with Crippen LogP contribution in [0, 0.1) is 18.7 Å². The van der Waals surface area contributed by atoms with Gasteiger partial charge in [0.15, 0.2) is 0 Å². The molecule has 0 aliphatic heterocycles. The molecule has 100 valence electrons. The SMILES string of the molecule is CCC1CC1NS(=O)(=O)c1cc(N)cc(F)c1C. The first-order valence-corrected chi connectivity index (χ1v) is 7.41. The number of nitrogens with two attached hydrogens (primary N) is 1. The van der Waals surface area contributed by atoms with Gasteiger partial charge in [0.2, 0.25) is 10.0 Å². The molecule has 1 aromatic carbocycles. The Balaban J connectivity index is 2.30. The molecule has 1 aromatic rings. The van der Waals surface area contributed by atoms with Crippen LogP contribution in [0.15, 0.2) is 17.0 Å². The van der Waals surface area contributed by atoms with Crippen LogP contribution in [0.25, 0.3) is 0 Å². The van der Waals surface area contributed by atoms with Crippen molar-refractivity contribution in [3.63, 3.8) is 0 Å². The summed E-state index contributed by atoms with van der Waals surface area (Å²) in [5, 5.41) is 0. The smallest absolute Gasteiger partial charge is 0.241 e. The highest BCUT2D eigenvalue weighted by atomic mass is 32.2. The van der Waals surface area contributed by atoms with Crippen molar-refractivity contribution in [2.45, 2.75) is 37.6 Å². The minimum absolute atomic E-state index is 0.0242. The minimum Gasteiger partial charge on any atom is -0.399 e. The van der Waals surface area contributed by atoms with Crippen LogP contribution in [0.3, 0.4) is 0 Å². The summed E-state index contributed by atoms with van der Waals surface area (Å²) in [5.41, 5.74) is 5.71. The van der Waals surface area contributed by atoms with Crippen LogP contribution in [0.2, 0.25) is 0 Å². The molecule has 0 heterocycles. The molecule has 1 aliphatic rings. The van der Waals surface area contributed by atoms with Crippen molar-refractivity contribution < 1.29 is 12.8 Å². The van der Waals surface area contributed by atoms with E-state index < -0.39 is 15.8 Å². The molecule has 2 rings (SSSR count). The van der Waals surface area contributed by atoms with Gasteiger partial charge in [0.1, 0.15) is 5.82 Å². The van der Waals surface area contributed by atoms with E-state index in [-0.39, 0.29) is 22.2 Å². The van der Waals surface area contributed by atoms with Gasteiger partial charge in [-0.1, -0.05) is 13.3 Å². The molecular weight excluding hydrogens is 255 g/mol. The predicted molar refractivity (Wildman–Crippen MR) is 68.1 cm³/mol. The Morgan fingerprint density at radius 2 is 2.17 bits per heavy atom. The lowest BCUT2D eigenvalue weighted by molar-refractivity contribution is 0.570. The summed E-state index contributed by atoms with van der Waals surface area (Å²) in [4.78, 5) is -0.0678. The maximum Gasteiger partial charge on any atom is 0.241 e. The molecule has 0 saturated heterocycles. The highest BCUT2D eigenvalue weighted by molar-refractivity contribution is 7.89. The fourth-order valence-corrected chi connectivity index (χ4v) is 3.66. The van der Waals surface area contributed by atoms with Gasteiger partial charge < -0.3 is 5.73 Å². The lowest BCUT2D eigenvalue weighted by atomic mass is 10.2. The standard InChI is InChI=1S/C12H17FN2O2S/c1-3-8-4-11(8)15-18(16,17)12-6-9(14)5-10(13)7(12)2/h5-6,8,11,15H,3-4,14H2,1-2H3. The number of nitrogens with one attached hydrogen (secondary N) is 1. The first kappa shape index (κ1) is 13.3. The second kappa shape index (κ2) is 4.51. The largest absolute Gasteiger partial charge is 0.399 e. The first-order chi connectivity index (χ1) is 8.35. The number of hydrogen-bond donors (Lipinski definition) is 2. The molecule has 1 fully saturated rings. The second-order valence-corrected chi connectivity index (χ2v) is 6.44. The zero-order chi connectivity index (χ0) is 13.5. The molecule has 2 atom stereocenters. The van der Waals surface area contributed by atoms with Gasteiger partial charge in [-0.3, -0.25) is 0 Å². The van der Waals surface area contributed by atoms with Crippen LogP contribution in [-0.4, -0.2) is 14.5 Å². The summed E-state index contributed by atoms with van der Waals surface area (Å²) in [6.45, 7) is 3.46. The molecular formula is C12H17FN2O2S. The number of hydrogen-bond acceptors (Lipinski definition) is 3. The molecule has 1 aliphatic carbocycles. The van der Waals surface area contributed by atoms with E-state index in [4.69, 9.17) is 5.73 Å². The summed E-state index contributed by atoms with van der Waals surface area (Å²) < 4.78 is 40.4. The van der Waals surface area contributed by atoms with Gasteiger partial charge in [0.25, 0.3) is 0 Å². The fourth-order valence-electron chi connectivity index (χ4n) is 2.06. The number of benzene rings is 1. The second-order valence-electron chi connectivity index (χ2n) is 4.76. The average molecular weight is 272 g/mol. The molecule has 6 heteroatoms. The molecule has 2 unspecified atom stereocenters. The lowest BCUT2D eigenvalue weighted by Crippen LogP contribution is -2.28. The number of rotatable bonds is 4. The molecule has 3 N–H and O–H groups in total. The first-order valence-electron chi connectivity index (χ1n) is 5.93. The van der Waals surface area contributed by atoms with Crippen LogP contribution < -0.4 is 10.5 Å². The third-order valence-corrected chi connectivity index (χ3v) is 4.98. The quantitative estimate of drug-likeness (QED) is 0.821. The predicted octanol–water partition coefficient (Wildman–Crippen LogP) is 1.79. The molecule has 0 spiro atoms. The number of sulfonamides is 1. The van der Waals surface area contributed by atoms with Crippen LogP contribution in [0.1, 0.15) is 25.3 Å². The average Bonchev–Trinajstić information content (AvgIpc) is 3.00. The Hall–Kier alpha value is -1.14. The van der Waals surface area contributed by atoms with Gasteiger partial charge in [-0.25, -0.2) is 17.5 Å². The number of anilines is 1. The topological polar surface area (TPSA) is 72.2 Å². The van der Waals surface area contributed by atoms with Crippen LogP contribution in [0.4, 0.5) is 10.1 Å². The Morgan fingerprint density at radius 3 is 2.72 bits per heavy atom. The van der Waals surface area contributed by atoms with Gasteiger partial charge in [0.05, 0.1) is 4.90 Å².